The Labute approximate surface area is 92.1 Å². The minimum Gasteiger partial charge on any atom is -0.314 e. The van der Waals surface area contributed by atoms with Gasteiger partial charge in [0.15, 0.2) is 0 Å². The van der Waals surface area contributed by atoms with Crippen molar-refractivity contribution in [3.05, 3.63) is 0 Å². The fraction of sp³-hybridized carbons (Fsp3) is 1.00. The molecule has 0 aromatic heterocycles. The van der Waals surface area contributed by atoms with Gasteiger partial charge in [-0.3, -0.25) is 0 Å². The molecule has 86 valence electrons. The Morgan fingerprint density at radius 2 is 2.07 bits per heavy atom. The molecule has 5 heteroatoms. The fourth-order valence-electron chi connectivity index (χ4n) is 1.22. The molecule has 0 amide bonds. The molecule has 0 aliphatic carbocycles. The molecule has 14 heavy (non-hydrogen) atoms. The Morgan fingerprint density at radius 3 is 2.50 bits per heavy atom. The van der Waals surface area contributed by atoms with E-state index < -0.39 is 9.84 Å². The number of hydrogen-bond acceptors (Lipinski definition) is 3. The molecule has 0 saturated carbocycles. The first-order valence-electron chi connectivity index (χ1n) is 4.96. The zero-order valence-electron chi connectivity index (χ0n) is 8.92. The van der Waals surface area contributed by atoms with Crippen LogP contribution < -0.4 is 5.32 Å². The summed E-state index contributed by atoms with van der Waals surface area (Å²) in [5, 5.41) is 3.29. The Hall–Kier alpha value is 0.200. The molecule has 0 aliphatic heterocycles. The van der Waals surface area contributed by atoms with E-state index in [1.165, 1.54) is 6.26 Å². The Kier molecular flexibility index (Phi) is 7.59. The highest BCUT2D eigenvalue weighted by atomic mass is 35.5. The van der Waals surface area contributed by atoms with E-state index in [9.17, 15) is 8.42 Å². The van der Waals surface area contributed by atoms with Gasteiger partial charge >= 0.3 is 0 Å². The van der Waals surface area contributed by atoms with E-state index in [2.05, 4.69) is 12.2 Å². The van der Waals surface area contributed by atoms with Gasteiger partial charge in [0.1, 0.15) is 9.84 Å². The third-order valence-corrected chi connectivity index (χ3v) is 3.32. The van der Waals surface area contributed by atoms with Gasteiger partial charge in [0.25, 0.3) is 0 Å². The van der Waals surface area contributed by atoms with E-state index in [0.717, 1.165) is 19.4 Å². The molecule has 0 radical (unpaired) electrons. The van der Waals surface area contributed by atoms with Crippen LogP contribution in [0.5, 0.6) is 0 Å². The molecule has 1 atom stereocenters. The highest BCUT2D eigenvalue weighted by Gasteiger charge is 2.05. The molecule has 0 rings (SSSR count). The Morgan fingerprint density at radius 1 is 1.43 bits per heavy atom. The molecule has 1 N–H and O–H groups in total. The summed E-state index contributed by atoms with van der Waals surface area (Å²) in [7, 11) is -2.81. The molecule has 0 heterocycles. The summed E-state index contributed by atoms with van der Waals surface area (Å²) in [5.41, 5.74) is 0. The summed E-state index contributed by atoms with van der Waals surface area (Å²) >= 11 is 5.62. The summed E-state index contributed by atoms with van der Waals surface area (Å²) in [6.45, 7) is 2.85. The lowest BCUT2D eigenvalue weighted by Gasteiger charge is -2.14. The molecule has 0 fully saturated rings. The SMILES string of the molecule is CCC(CCCl)NCCCS(C)(=O)=O. The van der Waals surface area contributed by atoms with Crippen molar-refractivity contribution in [1.82, 2.24) is 5.32 Å². The van der Waals surface area contributed by atoms with E-state index >= 15 is 0 Å². The molecular formula is C9H20ClNO2S. The second-order valence-electron chi connectivity index (χ2n) is 3.52. The molecule has 0 aromatic carbocycles. The van der Waals surface area contributed by atoms with Gasteiger partial charge in [0, 0.05) is 18.2 Å². The molecule has 0 saturated heterocycles. The summed E-state index contributed by atoms with van der Waals surface area (Å²) in [5.74, 6) is 0.912. The van der Waals surface area contributed by atoms with Crippen molar-refractivity contribution in [3.63, 3.8) is 0 Å². The van der Waals surface area contributed by atoms with Crippen LogP contribution >= 0.6 is 11.6 Å². The second kappa shape index (κ2) is 7.49. The maximum Gasteiger partial charge on any atom is 0.147 e. The van der Waals surface area contributed by atoms with Gasteiger partial charge < -0.3 is 5.32 Å². The van der Waals surface area contributed by atoms with Crippen molar-refractivity contribution in [2.24, 2.45) is 0 Å². The van der Waals surface area contributed by atoms with Crippen LogP contribution in [0.4, 0.5) is 0 Å². The van der Waals surface area contributed by atoms with Gasteiger partial charge in [-0.1, -0.05) is 6.92 Å². The first-order chi connectivity index (χ1) is 6.49. The van der Waals surface area contributed by atoms with E-state index in [0.29, 0.717) is 18.3 Å². The first kappa shape index (κ1) is 14.2. The topological polar surface area (TPSA) is 46.2 Å². The minimum absolute atomic E-state index is 0.261. The summed E-state index contributed by atoms with van der Waals surface area (Å²) in [6, 6.07) is 0.423. The lowest BCUT2D eigenvalue weighted by atomic mass is 10.2. The van der Waals surface area contributed by atoms with Crippen LogP contribution in [0.2, 0.25) is 0 Å². The van der Waals surface area contributed by atoms with Gasteiger partial charge in [-0.15, -0.1) is 11.6 Å². The summed E-state index contributed by atoms with van der Waals surface area (Å²) < 4.78 is 21.6. The summed E-state index contributed by atoms with van der Waals surface area (Å²) in [6.07, 6.45) is 3.92. The summed E-state index contributed by atoms with van der Waals surface area (Å²) in [4.78, 5) is 0. The third kappa shape index (κ3) is 8.78. The van der Waals surface area contributed by atoms with Gasteiger partial charge in [0.05, 0.1) is 5.75 Å². The minimum atomic E-state index is -2.81. The predicted octanol–water partition coefficient (Wildman–Crippen LogP) is 1.42. The van der Waals surface area contributed by atoms with Crippen LogP contribution in [-0.2, 0) is 9.84 Å². The molecule has 3 nitrogen and oxygen atoms in total. The van der Waals surface area contributed by atoms with Crippen LogP contribution in [0.25, 0.3) is 0 Å². The van der Waals surface area contributed by atoms with Gasteiger partial charge in [-0.05, 0) is 25.8 Å². The van der Waals surface area contributed by atoms with Crippen molar-refractivity contribution >= 4 is 21.4 Å². The lowest BCUT2D eigenvalue weighted by molar-refractivity contribution is 0.486. The molecule has 0 spiro atoms. The number of rotatable bonds is 8. The van der Waals surface area contributed by atoms with Crippen LogP contribution in [-0.4, -0.2) is 38.9 Å². The number of halogens is 1. The molecule has 1 unspecified atom stereocenters. The van der Waals surface area contributed by atoms with E-state index in [4.69, 9.17) is 11.6 Å². The van der Waals surface area contributed by atoms with Crippen molar-refractivity contribution in [1.29, 1.82) is 0 Å². The number of alkyl halides is 1. The Balaban J connectivity index is 3.52. The number of sulfone groups is 1. The van der Waals surface area contributed by atoms with Crippen molar-refractivity contribution in [2.45, 2.75) is 32.2 Å². The lowest BCUT2D eigenvalue weighted by Crippen LogP contribution is -2.30. The van der Waals surface area contributed by atoms with Crippen LogP contribution in [0.15, 0.2) is 0 Å². The van der Waals surface area contributed by atoms with E-state index in [1.807, 2.05) is 0 Å². The second-order valence-corrected chi connectivity index (χ2v) is 6.16. The maximum absolute atomic E-state index is 10.8. The van der Waals surface area contributed by atoms with Crippen LogP contribution in [0.3, 0.4) is 0 Å². The standard InChI is InChI=1S/C9H20ClNO2S/c1-3-9(5-6-10)11-7-4-8-14(2,12)13/h9,11H,3-8H2,1-2H3. The van der Waals surface area contributed by atoms with Crippen molar-refractivity contribution in [2.75, 3.05) is 24.4 Å². The third-order valence-electron chi connectivity index (χ3n) is 2.08. The normalized spacial score (nSPS) is 14.2. The Bertz CT molecular complexity index is 229. The fourth-order valence-corrected chi connectivity index (χ4v) is 2.15. The number of nitrogens with one attached hydrogen (secondary N) is 1. The monoisotopic (exact) mass is 241 g/mol. The smallest absolute Gasteiger partial charge is 0.147 e. The average molecular weight is 242 g/mol. The zero-order valence-corrected chi connectivity index (χ0v) is 10.5. The van der Waals surface area contributed by atoms with Gasteiger partial charge in [0.2, 0.25) is 0 Å². The van der Waals surface area contributed by atoms with E-state index in [-0.39, 0.29) is 5.75 Å². The predicted molar refractivity (Wildman–Crippen MR) is 61.7 cm³/mol. The van der Waals surface area contributed by atoms with E-state index in [1.54, 1.807) is 0 Å². The molecule has 0 bridgehead atoms. The van der Waals surface area contributed by atoms with Crippen LogP contribution in [0.1, 0.15) is 26.2 Å². The van der Waals surface area contributed by atoms with Gasteiger partial charge in [-0.2, -0.15) is 0 Å². The average Bonchev–Trinajstić information content (AvgIpc) is 2.08. The van der Waals surface area contributed by atoms with Crippen molar-refractivity contribution < 1.29 is 8.42 Å². The first-order valence-corrected chi connectivity index (χ1v) is 7.56. The molecule has 0 aliphatic rings. The molecule has 0 aromatic rings. The maximum atomic E-state index is 10.8. The zero-order chi connectivity index (χ0) is 11.0. The largest absolute Gasteiger partial charge is 0.314 e. The number of hydrogen-bond donors (Lipinski definition) is 1. The van der Waals surface area contributed by atoms with Crippen LogP contribution in [0, 0.1) is 0 Å². The molecular weight excluding hydrogens is 222 g/mol. The highest BCUT2D eigenvalue weighted by molar-refractivity contribution is 7.90. The highest BCUT2D eigenvalue weighted by Crippen LogP contribution is 1.99. The quantitative estimate of drug-likeness (QED) is 0.517. The van der Waals surface area contributed by atoms with Gasteiger partial charge in [-0.25, -0.2) is 8.42 Å². The van der Waals surface area contributed by atoms with Crippen molar-refractivity contribution in [3.8, 4) is 0 Å².